The summed E-state index contributed by atoms with van der Waals surface area (Å²) < 4.78 is 5.61. The smallest absolute Gasteiger partial charge is 0.222 e. The van der Waals surface area contributed by atoms with Gasteiger partial charge in [-0.15, -0.1) is 0 Å². The SMILES string of the molecule is CC(=O)NCCCCCC(=O)N1CC(C)OC(C)C1. The van der Waals surface area contributed by atoms with Gasteiger partial charge in [-0.05, 0) is 26.7 Å². The fraction of sp³-hybridized carbons (Fsp3) is 0.857. The molecule has 0 bridgehead atoms. The van der Waals surface area contributed by atoms with Gasteiger partial charge < -0.3 is 15.0 Å². The Morgan fingerprint density at radius 1 is 1.16 bits per heavy atom. The molecular weight excluding hydrogens is 244 g/mol. The molecule has 2 atom stereocenters. The molecule has 110 valence electrons. The lowest BCUT2D eigenvalue weighted by Crippen LogP contribution is -2.48. The minimum atomic E-state index is 0.00682. The van der Waals surface area contributed by atoms with Crippen molar-refractivity contribution < 1.29 is 14.3 Å². The molecule has 0 aromatic rings. The zero-order chi connectivity index (χ0) is 14.3. The van der Waals surface area contributed by atoms with Crippen molar-refractivity contribution in [3.8, 4) is 0 Å². The van der Waals surface area contributed by atoms with Gasteiger partial charge in [-0.2, -0.15) is 0 Å². The van der Waals surface area contributed by atoms with Crippen molar-refractivity contribution in [1.29, 1.82) is 0 Å². The van der Waals surface area contributed by atoms with Crippen LogP contribution in [0.4, 0.5) is 0 Å². The van der Waals surface area contributed by atoms with Crippen LogP contribution >= 0.6 is 0 Å². The number of nitrogens with one attached hydrogen (secondary N) is 1. The molecule has 1 saturated heterocycles. The molecule has 1 fully saturated rings. The Balaban J connectivity index is 2.12. The van der Waals surface area contributed by atoms with Crippen LogP contribution in [0, 0.1) is 0 Å². The first kappa shape index (κ1) is 16.0. The van der Waals surface area contributed by atoms with E-state index in [-0.39, 0.29) is 24.0 Å². The van der Waals surface area contributed by atoms with Crippen LogP contribution in [0.5, 0.6) is 0 Å². The molecule has 19 heavy (non-hydrogen) atoms. The molecule has 5 heteroatoms. The van der Waals surface area contributed by atoms with E-state index in [1.54, 1.807) is 0 Å². The first-order valence-electron chi connectivity index (χ1n) is 7.16. The second-order valence-corrected chi connectivity index (χ2v) is 5.35. The van der Waals surface area contributed by atoms with E-state index in [0.717, 1.165) is 19.3 Å². The molecule has 0 aromatic heterocycles. The molecule has 1 rings (SSSR count). The van der Waals surface area contributed by atoms with Crippen molar-refractivity contribution in [3.05, 3.63) is 0 Å². The summed E-state index contributed by atoms with van der Waals surface area (Å²) in [6.07, 6.45) is 3.65. The average Bonchev–Trinajstić information content (AvgIpc) is 2.31. The van der Waals surface area contributed by atoms with Gasteiger partial charge in [-0.3, -0.25) is 9.59 Å². The summed E-state index contributed by atoms with van der Waals surface area (Å²) in [7, 11) is 0. The Kier molecular flexibility index (Phi) is 6.84. The van der Waals surface area contributed by atoms with Gasteiger partial charge in [-0.25, -0.2) is 0 Å². The Hall–Kier alpha value is -1.10. The second kappa shape index (κ2) is 8.15. The maximum absolute atomic E-state index is 12.0. The summed E-state index contributed by atoms with van der Waals surface area (Å²) in [5, 5.41) is 2.76. The maximum Gasteiger partial charge on any atom is 0.222 e. The van der Waals surface area contributed by atoms with Gasteiger partial charge in [0.05, 0.1) is 12.2 Å². The topological polar surface area (TPSA) is 58.6 Å². The third kappa shape index (κ3) is 6.57. The molecule has 1 N–H and O–H groups in total. The Bertz CT molecular complexity index is 297. The van der Waals surface area contributed by atoms with Crippen LogP contribution in [0.15, 0.2) is 0 Å². The first-order chi connectivity index (χ1) is 8.99. The lowest BCUT2D eigenvalue weighted by molar-refractivity contribution is -0.143. The second-order valence-electron chi connectivity index (χ2n) is 5.35. The highest BCUT2D eigenvalue weighted by molar-refractivity contribution is 5.76. The van der Waals surface area contributed by atoms with Gasteiger partial charge in [0, 0.05) is 33.0 Å². The Labute approximate surface area is 115 Å². The largest absolute Gasteiger partial charge is 0.372 e. The highest BCUT2D eigenvalue weighted by atomic mass is 16.5. The van der Waals surface area contributed by atoms with Gasteiger partial charge in [-0.1, -0.05) is 6.42 Å². The van der Waals surface area contributed by atoms with Gasteiger partial charge in [0.25, 0.3) is 0 Å². The third-order valence-electron chi connectivity index (χ3n) is 3.21. The number of morpholine rings is 1. The normalized spacial score (nSPS) is 23.2. The third-order valence-corrected chi connectivity index (χ3v) is 3.21. The van der Waals surface area contributed by atoms with Crippen molar-refractivity contribution >= 4 is 11.8 Å². The quantitative estimate of drug-likeness (QED) is 0.741. The first-order valence-corrected chi connectivity index (χ1v) is 7.16. The molecule has 1 aliphatic rings. The number of nitrogens with zero attached hydrogens (tertiary/aromatic N) is 1. The van der Waals surface area contributed by atoms with Gasteiger partial charge >= 0.3 is 0 Å². The summed E-state index contributed by atoms with van der Waals surface area (Å²) in [5.74, 6) is 0.230. The molecule has 2 unspecified atom stereocenters. The summed E-state index contributed by atoms with van der Waals surface area (Å²) in [6, 6.07) is 0. The van der Waals surface area contributed by atoms with Crippen LogP contribution in [0.1, 0.15) is 46.5 Å². The van der Waals surface area contributed by atoms with Crippen LogP contribution in [0.25, 0.3) is 0 Å². The molecular formula is C14H26N2O3. The maximum atomic E-state index is 12.0. The lowest BCUT2D eigenvalue weighted by Gasteiger charge is -2.35. The van der Waals surface area contributed by atoms with E-state index >= 15 is 0 Å². The van der Waals surface area contributed by atoms with E-state index in [0.29, 0.717) is 26.1 Å². The van der Waals surface area contributed by atoms with E-state index in [9.17, 15) is 9.59 Å². The molecule has 0 saturated carbocycles. The summed E-state index contributed by atoms with van der Waals surface area (Å²) in [4.78, 5) is 24.6. The molecule has 1 heterocycles. The fourth-order valence-corrected chi connectivity index (χ4v) is 2.38. The highest BCUT2D eigenvalue weighted by Gasteiger charge is 2.25. The van der Waals surface area contributed by atoms with Crippen LogP contribution in [-0.2, 0) is 14.3 Å². The number of unbranched alkanes of at least 4 members (excludes halogenated alkanes) is 2. The molecule has 5 nitrogen and oxygen atoms in total. The van der Waals surface area contributed by atoms with E-state index in [1.807, 2.05) is 18.7 Å². The minimum absolute atomic E-state index is 0.00682. The van der Waals surface area contributed by atoms with Gasteiger partial charge in [0.1, 0.15) is 0 Å². The summed E-state index contributed by atoms with van der Waals surface area (Å²) in [6.45, 7) is 7.64. The molecule has 0 aromatic carbocycles. The van der Waals surface area contributed by atoms with E-state index < -0.39 is 0 Å². The number of amides is 2. The number of ether oxygens (including phenoxy) is 1. The van der Waals surface area contributed by atoms with Crippen molar-refractivity contribution in [3.63, 3.8) is 0 Å². The zero-order valence-corrected chi connectivity index (χ0v) is 12.3. The zero-order valence-electron chi connectivity index (χ0n) is 12.3. The van der Waals surface area contributed by atoms with Crippen LogP contribution in [0.3, 0.4) is 0 Å². The van der Waals surface area contributed by atoms with E-state index in [2.05, 4.69) is 5.32 Å². The number of carbonyl (C=O) groups excluding carboxylic acids is 2. The number of rotatable bonds is 6. The molecule has 1 aliphatic heterocycles. The van der Waals surface area contributed by atoms with Crippen molar-refractivity contribution in [2.24, 2.45) is 0 Å². The van der Waals surface area contributed by atoms with Crippen molar-refractivity contribution in [1.82, 2.24) is 10.2 Å². The summed E-state index contributed by atoms with van der Waals surface area (Å²) in [5.41, 5.74) is 0. The number of hydrogen-bond acceptors (Lipinski definition) is 3. The fourth-order valence-electron chi connectivity index (χ4n) is 2.38. The molecule has 0 aliphatic carbocycles. The molecule has 0 radical (unpaired) electrons. The van der Waals surface area contributed by atoms with Crippen molar-refractivity contribution in [2.45, 2.75) is 58.7 Å². The van der Waals surface area contributed by atoms with E-state index in [4.69, 9.17) is 4.74 Å². The van der Waals surface area contributed by atoms with Gasteiger partial charge in [0.2, 0.25) is 11.8 Å². The Morgan fingerprint density at radius 2 is 1.79 bits per heavy atom. The highest BCUT2D eigenvalue weighted by Crippen LogP contribution is 2.13. The predicted molar refractivity (Wildman–Crippen MR) is 73.7 cm³/mol. The predicted octanol–water partition coefficient (Wildman–Crippen LogP) is 1.32. The number of hydrogen-bond donors (Lipinski definition) is 1. The molecule has 0 spiro atoms. The average molecular weight is 270 g/mol. The van der Waals surface area contributed by atoms with Crippen LogP contribution in [0.2, 0.25) is 0 Å². The minimum Gasteiger partial charge on any atom is -0.372 e. The van der Waals surface area contributed by atoms with Gasteiger partial charge in [0.15, 0.2) is 0 Å². The van der Waals surface area contributed by atoms with Crippen LogP contribution in [-0.4, -0.2) is 48.6 Å². The van der Waals surface area contributed by atoms with Crippen LogP contribution < -0.4 is 5.32 Å². The number of carbonyl (C=O) groups is 2. The standard InChI is InChI=1S/C14H26N2O3/c1-11-9-16(10-12(2)19-11)14(18)7-5-4-6-8-15-13(3)17/h11-12H,4-10H2,1-3H3,(H,15,17). The lowest BCUT2D eigenvalue weighted by atomic mass is 10.1. The van der Waals surface area contributed by atoms with Crippen molar-refractivity contribution in [2.75, 3.05) is 19.6 Å². The molecule has 2 amide bonds. The van der Waals surface area contributed by atoms with E-state index in [1.165, 1.54) is 6.92 Å². The monoisotopic (exact) mass is 270 g/mol. The Morgan fingerprint density at radius 3 is 2.37 bits per heavy atom. The summed E-state index contributed by atoms with van der Waals surface area (Å²) >= 11 is 0.